The van der Waals surface area contributed by atoms with Gasteiger partial charge in [0, 0.05) is 12.7 Å². The lowest BCUT2D eigenvalue weighted by Gasteiger charge is -2.21. The van der Waals surface area contributed by atoms with E-state index in [1.807, 2.05) is 13.8 Å². The van der Waals surface area contributed by atoms with E-state index in [0.717, 1.165) is 0 Å². The van der Waals surface area contributed by atoms with E-state index in [1.54, 1.807) is 7.11 Å². The summed E-state index contributed by atoms with van der Waals surface area (Å²) < 4.78 is 5.08. The number of carbonyl (C=O) groups excluding carboxylic acids is 1. The average Bonchev–Trinajstić information content (AvgIpc) is 2.34. The molecule has 0 bridgehead atoms. The maximum absolute atomic E-state index is 12.1. The van der Waals surface area contributed by atoms with Crippen molar-refractivity contribution in [2.24, 2.45) is 5.92 Å². The number of ether oxygens (including phenoxy) is 1. The molecule has 0 aliphatic heterocycles. The van der Waals surface area contributed by atoms with Crippen molar-refractivity contribution in [3.8, 4) is 0 Å². The summed E-state index contributed by atoms with van der Waals surface area (Å²) in [6, 6.07) is 2.93. The van der Waals surface area contributed by atoms with E-state index in [1.165, 1.54) is 12.1 Å². The van der Waals surface area contributed by atoms with Crippen LogP contribution in [0.5, 0.6) is 0 Å². The molecule has 0 saturated heterocycles. The highest BCUT2D eigenvalue weighted by molar-refractivity contribution is 6.43. The summed E-state index contributed by atoms with van der Waals surface area (Å²) >= 11 is 11.8. The Morgan fingerprint density at radius 3 is 2.53 bits per heavy atom. The van der Waals surface area contributed by atoms with Crippen LogP contribution in [0.25, 0.3) is 0 Å². The number of hydrogen-bond acceptors (Lipinski definition) is 3. The Hall–Kier alpha value is -0.970. The van der Waals surface area contributed by atoms with Gasteiger partial charge in [0.05, 0.1) is 28.4 Å². The first-order valence-electron chi connectivity index (χ1n) is 5.91. The van der Waals surface area contributed by atoms with Crippen LogP contribution in [0.2, 0.25) is 10.0 Å². The monoisotopic (exact) mass is 304 g/mol. The predicted octanol–water partition coefficient (Wildman–Crippen LogP) is 2.98. The fourth-order valence-corrected chi connectivity index (χ4v) is 1.91. The van der Waals surface area contributed by atoms with Gasteiger partial charge in [-0.3, -0.25) is 4.79 Å². The summed E-state index contributed by atoms with van der Waals surface area (Å²) in [5.41, 5.74) is 6.35. The Balaban J connectivity index is 2.88. The first kappa shape index (κ1) is 16.1. The lowest BCUT2D eigenvalue weighted by Crippen LogP contribution is -2.41. The van der Waals surface area contributed by atoms with Crippen molar-refractivity contribution < 1.29 is 9.53 Å². The molecule has 4 nitrogen and oxygen atoms in total. The van der Waals surface area contributed by atoms with Gasteiger partial charge in [-0.05, 0) is 18.1 Å². The zero-order valence-corrected chi connectivity index (χ0v) is 12.7. The largest absolute Gasteiger partial charge is 0.397 e. The van der Waals surface area contributed by atoms with E-state index >= 15 is 0 Å². The van der Waals surface area contributed by atoms with Crippen LogP contribution in [0.1, 0.15) is 24.2 Å². The molecule has 0 heterocycles. The lowest BCUT2D eigenvalue weighted by molar-refractivity contribution is 0.0866. The fourth-order valence-electron chi connectivity index (χ4n) is 1.57. The van der Waals surface area contributed by atoms with Crippen LogP contribution >= 0.6 is 23.2 Å². The highest BCUT2D eigenvalue weighted by atomic mass is 35.5. The third-order valence-corrected chi connectivity index (χ3v) is 3.60. The Morgan fingerprint density at radius 1 is 1.42 bits per heavy atom. The van der Waals surface area contributed by atoms with Crippen LogP contribution in [0.15, 0.2) is 12.1 Å². The lowest BCUT2D eigenvalue weighted by atomic mass is 10.0. The van der Waals surface area contributed by atoms with Crippen molar-refractivity contribution >= 4 is 34.8 Å². The molecule has 1 rings (SSSR count). The van der Waals surface area contributed by atoms with Crippen LogP contribution < -0.4 is 11.1 Å². The Kier molecular flexibility index (Phi) is 5.91. The molecule has 6 heteroatoms. The number of benzene rings is 1. The van der Waals surface area contributed by atoms with Crippen molar-refractivity contribution in [1.29, 1.82) is 0 Å². The van der Waals surface area contributed by atoms with E-state index in [0.29, 0.717) is 12.2 Å². The first-order chi connectivity index (χ1) is 8.86. The molecule has 0 aliphatic carbocycles. The Morgan fingerprint density at radius 2 is 2.05 bits per heavy atom. The summed E-state index contributed by atoms with van der Waals surface area (Å²) in [4.78, 5) is 12.1. The van der Waals surface area contributed by atoms with E-state index in [2.05, 4.69) is 5.32 Å². The molecule has 0 aromatic heterocycles. The molecular formula is C13H18Cl2N2O2. The standard InChI is InChI=1S/C13H18Cl2N2O2/c1-7(2)11(6-19-3)17-13(18)8-4-9(14)12(15)10(16)5-8/h4-5,7,11H,6,16H2,1-3H3,(H,17,18). The number of amides is 1. The Bertz CT molecular complexity index is 441. The number of halogens is 2. The van der Waals surface area contributed by atoms with Crippen LogP contribution in [0.4, 0.5) is 5.69 Å². The molecule has 1 aromatic carbocycles. The van der Waals surface area contributed by atoms with E-state index in [-0.39, 0.29) is 33.6 Å². The average molecular weight is 305 g/mol. The van der Waals surface area contributed by atoms with Gasteiger partial charge in [0.25, 0.3) is 5.91 Å². The van der Waals surface area contributed by atoms with Crippen molar-refractivity contribution in [3.63, 3.8) is 0 Å². The second-order valence-electron chi connectivity index (χ2n) is 4.64. The SMILES string of the molecule is COCC(NC(=O)c1cc(N)c(Cl)c(Cl)c1)C(C)C. The maximum atomic E-state index is 12.1. The zero-order valence-electron chi connectivity index (χ0n) is 11.2. The second kappa shape index (κ2) is 6.98. The summed E-state index contributed by atoms with van der Waals surface area (Å²) in [5, 5.41) is 3.41. The van der Waals surface area contributed by atoms with Gasteiger partial charge in [-0.15, -0.1) is 0 Å². The van der Waals surface area contributed by atoms with Gasteiger partial charge < -0.3 is 15.8 Å². The molecule has 19 heavy (non-hydrogen) atoms. The van der Waals surface area contributed by atoms with E-state index < -0.39 is 0 Å². The third kappa shape index (κ3) is 4.27. The smallest absolute Gasteiger partial charge is 0.251 e. The summed E-state index contributed by atoms with van der Waals surface area (Å²) in [6.45, 7) is 4.46. The van der Waals surface area contributed by atoms with Gasteiger partial charge in [0.15, 0.2) is 0 Å². The van der Waals surface area contributed by atoms with Crippen LogP contribution in [0, 0.1) is 5.92 Å². The van der Waals surface area contributed by atoms with Gasteiger partial charge in [0.2, 0.25) is 0 Å². The van der Waals surface area contributed by atoms with E-state index in [9.17, 15) is 4.79 Å². The maximum Gasteiger partial charge on any atom is 0.251 e. The first-order valence-corrected chi connectivity index (χ1v) is 6.66. The number of nitrogen functional groups attached to an aromatic ring is 1. The molecule has 3 N–H and O–H groups in total. The van der Waals surface area contributed by atoms with Crippen molar-refractivity contribution in [1.82, 2.24) is 5.32 Å². The molecule has 0 saturated carbocycles. The molecule has 0 radical (unpaired) electrons. The van der Waals surface area contributed by atoms with Crippen molar-refractivity contribution in [3.05, 3.63) is 27.7 Å². The minimum absolute atomic E-state index is 0.0758. The highest BCUT2D eigenvalue weighted by Crippen LogP contribution is 2.29. The molecule has 106 valence electrons. The number of hydrogen-bond donors (Lipinski definition) is 2. The molecule has 0 spiro atoms. The van der Waals surface area contributed by atoms with Crippen molar-refractivity contribution in [2.75, 3.05) is 19.5 Å². The van der Waals surface area contributed by atoms with E-state index in [4.69, 9.17) is 33.7 Å². The third-order valence-electron chi connectivity index (χ3n) is 2.79. The van der Waals surface area contributed by atoms with Gasteiger partial charge in [-0.1, -0.05) is 37.0 Å². The van der Waals surface area contributed by atoms with Gasteiger partial charge in [0.1, 0.15) is 0 Å². The topological polar surface area (TPSA) is 64.3 Å². The number of nitrogens with two attached hydrogens (primary N) is 1. The van der Waals surface area contributed by atoms with Crippen molar-refractivity contribution in [2.45, 2.75) is 19.9 Å². The summed E-state index contributed by atoms with van der Waals surface area (Å²) in [5.74, 6) is 0.00466. The zero-order chi connectivity index (χ0) is 14.6. The molecule has 0 aliphatic rings. The molecule has 1 aromatic rings. The minimum Gasteiger partial charge on any atom is -0.397 e. The van der Waals surface area contributed by atoms with Gasteiger partial charge in [-0.25, -0.2) is 0 Å². The second-order valence-corrected chi connectivity index (χ2v) is 5.43. The quantitative estimate of drug-likeness (QED) is 0.822. The summed E-state index contributed by atoms with van der Waals surface area (Å²) in [7, 11) is 1.60. The number of nitrogens with one attached hydrogen (secondary N) is 1. The minimum atomic E-state index is -0.249. The molecule has 0 fully saturated rings. The normalized spacial score (nSPS) is 12.5. The summed E-state index contributed by atoms with van der Waals surface area (Å²) in [6.07, 6.45) is 0. The highest BCUT2D eigenvalue weighted by Gasteiger charge is 2.18. The fraction of sp³-hybridized carbons (Fsp3) is 0.462. The Labute approximate surface area is 123 Å². The number of anilines is 1. The molecule has 1 unspecified atom stereocenters. The molecular weight excluding hydrogens is 287 g/mol. The molecule has 1 atom stereocenters. The van der Waals surface area contributed by atoms with Gasteiger partial charge in [-0.2, -0.15) is 0 Å². The number of rotatable bonds is 5. The number of methoxy groups -OCH3 is 1. The van der Waals surface area contributed by atoms with Crippen LogP contribution in [-0.2, 0) is 4.74 Å². The number of carbonyl (C=O) groups is 1. The van der Waals surface area contributed by atoms with Crippen LogP contribution in [0.3, 0.4) is 0 Å². The molecule has 1 amide bonds. The van der Waals surface area contributed by atoms with Crippen LogP contribution in [-0.4, -0.2) is 25.7 Å². The van der Waals surface area contributed by atoms with Gasteiger partial charge >= 0.3 is 0 Å². The predicted molar refractivity (Wildman–Crippen MR) is 78.8 cm³/mol.